The Morgan fingerprint density at radius 2 is 1.79 bits per heavy atom. The fraction of sp³-hybridized carbons (Fsp3) is 0.393. The van der Waals surface area contributed by atoms with Crippen molar-refractivity contribution in [2.75, 3.05) is 53.5 Å². The maximum atomic E-state index is 13.3. The van der Waals surface area contributed by atoms with Crippen molar-refractivity contribution in [3.8, 4) is 5.75 Å². The summed E-state index contributed by atoms with van der Waals surface area (Å²) in [4.78, 5) is 44.8. The highest BCUT2D eigenvalue weighted by atomic mass is 35.5. The zero-order valence-corrected chi connectivity index (χ0v) is 23.7. The molecule has 11 heteroatoms. The summed E-state index contributed by atoms with van der Waals surface area (Å²) in [6.07, 6.45) is 0.739. The number of carbonyl (C=O) groups excluding carboxylic acids is 3. The highest BCUT2D eigenvalue weighted by Gasteiger charge is 2.38. The number of ether oxygens (including phenoxy) is 2. The molecule has 0 radical (unpaired) electrons. The van der Waals surface area contributed by atoms with Crippen LogP contribution in [0.5, 0.6) is 5.75 Å². The summed E-state index contributed by atoms with van der Waals surface area (Å²) in [7, 11) is 3.21. The maximum Gasteiger partial charge on any atom is 0.338 e. The highest BCUT2D eigenvalue weighted by molar-refractivity contribution is 6.42. The van der Waals surface area contributed by atoms with Gasteiger partial charge >= 0.3 is 12.0 Å². The van der Waals surface area contributed by atoms with Gasteiger partial charge in [-0.25, -0.2) is 9.59 Å². The van der Waals surface area contributed by atoms with Crippen LogP contribution in [0, 0.1) is 0 Å². The summed E-state index contributed by atoms with van der Waals surface area (Å²) in [5.74, 6) is 0.111. The average Bonchev–Trinajstić information content (AvgIpc) is 3.18. The number of nitrogens with zero attached hydrogens (tertiary/aromatic N) is 3. The van der Waals surface area contributed by atoms with E-state index in [-0.39, 0.29) is 23.6 Å². The molecule has 0 aromatic heterocycles. The number of carbonyl (C=O) groups is 3. The van der Waals surface area contributed by atoms with E-state index in [0.717, 1.165) is 6.42 Å². The molecule has 208 valence electrons. The van der Waals surface area contributed by atoms with Crippen LogP contribution in [0.15, 0.2) is 53.7 Å². The highest BCUT2D eigenvalue weighted by Crippen LogP contribution is 2.37. The first-order valence-corrected chi connectivity index (χ1v) is 13.5. The van der Waals surface area contributed by atoms with Gasteiger partial charge in [-0.2, -0.15) is 0 Å². The Morgan fingerprint density at radius 3 is 2.49 bits per heavy atom. The molecule has 4 rings (SSSR count). The first kappa shape index (κ1) is 28.7. The molecule has 0 spiro atoms. The molecule has 1 atom stereocenters. The molecule has 2 aromatic carbocycles. The van der Waals surface area contributed by atoms with E-state index in [1.165, 1.54) is 4.90 Å². The second-order valence-corrected chi connectivity index (χ2v) is 10.1. The number of hydrogen-bond donors (Lipinski definition) is 1. The number of esters is 1. The molecule has 2 heterocycles. The quantitative estimate of drug-likeness (QED) is 0.494. The third-order valence-electron chi connectivity index (χ3n) is 6.95. The van der Waals surface area contributed by atoms with Gasteiger partial charge in [0.2, 0.25) is 0 Å². The minimum atomic E-state index is -0.825. The van der Waals surface area contributed by atoms with Crippen molar-refractivity contribution in [1.82, 2.24) is 20.0 Å². The maximum absolute atomic E-state index is 13.3. The molecule has 2 aliphatic heterocycles. The Bertz CT molecular complexity index is 1270. The van der Waals surface area contributed by atoms with Crippen LogP contribution >= 0.6 is 23.2 Å². The predicted molar refractivity (Wildman–Crippen MR) is 149 cm³/mol. The number of halogens is 2. The summed E-state index contributed by atoms with van der Waals surface area (Å²) < 4.78 is 10.6. The molecular weight excluding hydrogens is 543 g/mol. The molecule has 9 nitrogen and oxygen atoms in total. The summed E-state index contributed by atoms with van der Waals surface area (Å²) in [5, 5.41) is 3.45. The van der Waals surface area contributed by atoms with Gasteiger partial charge in [0.25, 0.3) is 5.91 Å². The molecule has 1 unspecified atom stereocenters. The Labute approximate surface area is 238 Å². The van der Waals surface area contributed by atoms with Crippen molar-refractivity contribution in [3.05, 3.63) is 74.9 Å². The largest absolute Gasteiger partial charge is 0.497 e. The zero-order valence-electron chi connectivity index (χ0n) is 22.2. The van der Waals surface area contributed by atoms with Crippen LogP contribution in [0.25, 0.3) is 0 Å². The number of methoxy groups -OCH3 is 1. The lowest BCUT2D eigenvalue weighted by Gasteiger charge is -2.37. The number of benzene rings is 2. The Kier molecular flexibility index (Phi) is 9.37. The van der Waals surface area contributed by atoms with Gasteiger partial charge in [-0.05, 0) is 49.2 Å². The second-order valence-electron chi connectivity index (χ2n) is 9.32. The lowest BCUT2D eigenvalue weighted by atomic mass is 9.94. The fourth-order valence-corrected chi connectivity index (χ4v) is 5.25. The minimum absolute atomic E-state index is 0.0456. The standard InChI is InChI=1S/C28H32Cl2N4O5/c1-4-39-27(36)23-22(32(2)28(37)31-25(23)20-7-5-8-21(29)24(20)30)17-33-13-6-14-34(16-15-33)26(35)18-9-11-19(38-3)12-10-18/h5,7-12,25H,4,6,13-17H2,1-3H3,(H,31,37). The zero-order chi connectivity index (χ0) is 28.1. The minimum Gasteiger partial charge on any atom is -0.497 e. The van der Waals surface area contributed by atoms with Crippen molar-refractivity contribution in [1.29, 1.82) is 0 Å². The van der Waals surface area contributed by atoms with Crippen LogP contribution in [-0.2, 0) is 9.53 Å². The molecule has 0 bridgehead atoms. The van der Waals surface area contributed by atoms with E-state index in [4.69, 9.17) is 32.7 Å². The molecular formula is C28H32Cl2N4O5. The molecule has 3 amide bonds. The topological polar surface area (TPSA) is 91.4 Å². The van der Waals surface area contributed by atoms with E-state index in [1.54, 1.807) is 63.5 Å². The first-order valence-electron chi connectivity index (χ1n) is 12.8. The molecule has 39 heavy (non-hydrogen) atoms. The van der Waals surface area contributed by atoms with Gasteiger partial charge in [0.05, 0.1) is 35.4 Å². The van der Waals surface area contributed by atoms with Crippen molar-refractivity contribution in [3.63, 3.8) is 0 Å². The third-order valence-corrected chi connectivity index (χ3v) is 7.78. The van der Waals surface area contributed by atoms with E-state index in [1.807, 2.05) is 4.90 Å². The average molecular weight is 575 g/mol. The van der Waals surface area contributed by atoms with E-state index in [0.29, 0.717) is 65.9 Å². The van der Waals surface area contributed by atoms with E-state index in [9.17, 15) is 14.4 Å². The van der Waals surface area contributed by atoms with Crippen LogP contribution in [0.2, 0.25) is 10.0 Å². The van der Waals surface area contributed by atoms with Crippen molar-refractivity contribution in [2.45, 2.75) is 19.4 Å². The number of hydrogen-bond acceptors (Lipinski definition) is 6. The Morgan fingerprint density at radius 1 is 1.05 bits per heavy atom. The van der Waals surface area contributed by atoms with Crippen molar-refractivity contribution >= 4 is 41.1 Å². The monoisotopic (exact) mass is 574 g/mol. The summed E-state index contributed by atoms with van der Waals surface area (Å²) in [6.45, 7) is 4.58. The van der Waals surface area contributed by atoms with Crippen molar-refractivity contribution < 1.29 is 23.9 Å². The Hall–Kier alpha value is -3.27. The Balaban J connectivity index is 1.60. The molecule has 0 aliphatic carbocycles. The molecule has 1 N–H and O–H groups in total. The normalized spacial score (nSPS) is 18.5. The number of nitrogens with one attached hydrogen (secondary N) is 1. The van der Waals surface area contributed by atoms with Crippen LogP contribution in [0.3, 0.4) is 0 Å². The lowest BCUT2D eigenvalue weighted by Crippen LogP contribution is -2.49. The van der Waals surface area contributed by atoms with E-state index < -0.39 is 12.0 Å². The SMILES string of the molecule is CCOC(=O)C1=C(CN2CCCN(C(=O)c3ccc(OC)cc3)CC2)N(C)C(=O)NC1c1cccc(Cl)c1Cl. The summed E-state index contributed by atoms with van der Waals surface area (Å²) in [5.41, 5.74) is 1.94. The van der Waals surface area contributed by atoms with Crippen LogP contribution < -0.4 is 10.1 Å². The fourth-order valence-electron chi connectivity index (χ4n) is 4.83. The number of rotatable bonds is 7. The smallest absolute Gasteiger partial charge is 0.338 e. The first-order chi connectivity index (χ1) is 18.7. The van der Waals surface area contributed by atoms with Gasteiger partial charge in [-0.15, -0.1) is 0 Å². The molecule has 2 aromatic rings. The van der Waals surface area contributed by atoms with Gasteiger partial charge < -0.3 is 19.7 Å². The van der Waals surface area contributed by atoms with Gasteiger partial charge in [0.15, 0.2) is 0 Å². The van der Waals surface area contributed by atoms with Gasteiger partial charge in [-0.3, -0.25) is 14.6 Å². The molecule has 1 fully saturated rings. The summed E-state index contributed by atoms with van der Waals surface area (Å²) in [6, 6.07) is 11.0. The second kappa shape index (κ2) is 12.7. The molecule has 2 aliphatic rings. The summed E-state index contributed by atoms with van der Waals surface area (Å²) >= 11 is 12.8. The predicted octanol–water partition coefficient (Wildman–Crippen LogP) is 4.36. The van der Waals surface area contributed by atoms with E-state index in [2.05, 4.69) is 10.2 Å². The third kappa shape index (κ3) is 6.32. The van der Waals surface area contributed by atoms with Gasteiger partial charge in [0.1, 0.15) is 5.75 Å². The van der Waals surface area contributed by atoms with Crippen LogP contribution in [0.1, 0.15) is 35.3 Å². The molecule has 0 saturated carbocycles. The van der Waals surface area contributed by atoms with Crippen LogP contribution in [-0.4, -0.2) is 86.1 Å². The lowest BCUT2D eigenvalue weighted by molar-refractivity contribution is -0.139. The van der Waals surface area contributed by atoms with Crippen LogP contribution in [0.4, 0.5) is 4.79 Å². The molecule has 1 saturated heterocycles. The number of amides is 3. The van der Waals surface area contributed by atoms with E-state index >= 15 is 0 Å². The van der Waals surface area contributed by atoms with Gasteiger partial charge in [0, 0.05) is 51.0 Å². The van der Waals surface area contributed by atoms with Crippen molar-refractivity contribution in [2.24, 2.45) is 0 Å². The number of urea groups is 1. The van der Waals surface area contributed by atoms with Gasteiger partial charge in [-0.1, -0.05) is 35.3 Å². The number of likely N-dealkylation sites (N-methyl/N-ethyl adjacent to an activating group) is 1.